The highest BCUT2D eigenvalue weighted by Crippen LogP contribution is 2.35. The number of fused-ring (bicyclic) bond motifs is 1. The summed E-state index contributed by atoms with van der Waals surface area (Å²) in [6.45, 7) is 6.88. The number of carbonyl (C=O) groups is 1. The van der Waals surface area contributed by atoms with Gasteiger partial charge in [0.1, 0.15) is 5.75 Å². The van der Waals surface area contributed by atoms with Crippen LogP contribution in [0.15, 0.2) is 36.4 Å². The summed E-state index contributed by atoms with van der Waals surface area (Å²) in [5.41, 5.74) is 1.27. The molecule has 0 bridgehead atoms. The van der Waals surface area contributed by atoms with E-state index in [1.54, 1.807) is 37.3 Å². The Bertz CT molecular complexity index is 1100. The highest BCUT2D eigenvalue weighted by atomic mass is 32.1. The number of para-hydroxylation sites is 1. The van der Waals surface area contributed by atoms with Crippen molar-refractivity contribution in [3.05, 3.63) is 42.0 Å². The molecule has 1 aromatic heterocycles. The zero-order valence-electron chi connectivity index (χ0n) is 19.2. The molecule has 9 heteroatoms. The van der Waals surface area contributed by atoms with Gasteiger partial charge in [-0.15, -0.1) is 0 Å². The first-order valence-electron chi connectivity index (χ1n) is 11.0. The predicted octanol–water partition coefficient (Wildman–Crippen LogP) is 3.69. The number of rotatable bonds is 9. The van der Waals surface area contributed by atoms with Gasteiger partial charge in [0.2, 0.25) is 0 Å². The summed E-state index contributed by atoms with van der Waals surface area (Å²) >= 11 is 1.48. The quantitative estimate of drug-likeness (QED) is 0.471. The summed E-state index contributed by atoms with van der Waals surface area (Å²) in [6, 6.07) is 11.1. The van der Waals surface area contributed by atoms with Gasteiger partial charge in [-0.1, -0.05) is 17.4 Å². The first kappa shape index (κ1) is 23.3. The zero-order valence-corrected chi connectivity index (χ0v) is 20.0. The molecule has 0 spiro atoms. The van der Waals surface area contributed by atoms with Crippen molar-refractivity contribution in [1.82, 2.24) is 9.88 Å². The van der Waals surface area contributed by atoms with E-state index in [9.17, 15) is 4.79 Å². The van der Waals surface area contributed by atoms with Crippen molar-refractivity contribution >= 4 is 32.6 Å². The number of hydrogen-bond acceptors (Lipinski definition) is 8. The molecule has 3 aromatic rings. The van der Waals surface area contributed by atoms with Crippen LogP contribution in [-0.2, 0) is 4.74 Å². The smallest absolute Gasteiger partial charge is 0.264 e. The highest BCUT2D eigenvalue weighted by Gasteiger charge is 2.26. The van der Waals surface area contributed by atoms with E-state index in [2.05, 4.69) is 4.90 Å². The fraction of sp³-hybridized carbons (Fsp3) is 0.417. The molecule has 8 nitrogen and oxygen atoms in total. The molecule has 1 aliphatic rings. The van der Waals surface area contributed by atoms with Crippen LogP contribution in [0, 0.1) is 0 Å². The normalized spacial score (nSPS) is 14.3. The molecule has 0 aliphatic carbocycles. The topological polar surface area (TPSA) is 73.4 Å². The second kappa shape index (κ2) is 10.8. The minimum Gasteiger partial charge on any atom is -0.494 e. The van der Waals surface area contributed by atoms with E-state index in [0.29, 0.717) is 48.6 Å². The molecule has 4 rings (SSSR count). The van der Waals surface area contributed by atoms with E-state index in [0.717, 1.165) is 35.6 Å². The number of thiazole rings is 1. The Morgan fingerprint density at radius 1 is 1.18 bits per heavy atom. The molecular weight excluding hydrogens is 442 g/mol. The number of carbonyl (C=O) groups excluding carboxylic acids is 1. The number of ether oxygens (including phenoxy) is 4. The Morgan fingerprint density at radius 3 is 2.73 bits per heavy atom. The van der Waals surface area contributed by atoms with Gasteiger partial charge < -0.3 is 18.9 Å². The average Bonchev–Trinajstić information content (AvgIpc) is 3.27. The van der Waals surface area contributed by atoms with E-state index in [4.69, 9.17) is 23.9 Å². The van der Waals surface area contributed by atoms with E-state index in [1.165, 1.54) is 11.3 Å². The molecule has 0 saturated carbocycles. The van der Waals surface area contributed by atoms with E-state index in [1.807, 2.05) is 25.1 Å². The first-order valence-corrected chi connectivity index (χ1v) is 11.8. The van der Waals surface area contributed by atoms with Gasteiger partial charge in [0.25, 0.3) is 5.91 Å². The fourth-order valence-electron chi connectivity index (χ4n) is 3.82. The molecule has 1 saturated heterocycles. The minimum absolute atomic E-state index is 0.178. The van der Waals surface area contributed by atoms with E-state index >= 15 is 0 Å². The molecule has 2 aromatic carbocycles. The molecule has 0 radical (unpaired) electrons. The molecule has 176 valence electrons. The molecule has 1 amide bonds. The van der Waals surface area contributed by atoms with Crippen LogP contribution in [0.25, 0.3) is 10.2 Å². The average molecular weight is 472 g/mol. The third-order valence-electron chi connectivity index (χ3n) is 5.51. The Kier molecular flexibility index (Phi) is 7.64. The van der Waals surface area contributed by atoms with Gasteiger partial charge in [-0.25, -0.2) is 4.98 Å². The van der Waals surface area contributed by atoms with Crippen molar-refractivity contribution in [2.24, 2.45) is 0 Å². The number of amides is 1. The third kappa shape index (κ3) is 5.21. The van der Waals surface area contributed by atoms with Gasteiger partial charge in [0, 0.05) is 26.2 Å². The molecule has 0 N–H and O–H groups in total. The maximum absolute atomic E-state index is 13.8. The van der Waals surface area contributed by atoms with Crippen LogP contribution in [0.4, 0.5) is 5.13 Å². The van der Waals surface area contributed by atoms with Crippen molar-refractivity contribution in [3.8, 4) is 17.2 Å². The van der Waals surface area contributed by atoms with Gasteiger partial charge >= 0.3 is 0 Å². The SMILES string of the molecule is CCOc1ccc2nc(N(CCN3CCOCC3)C(=O)c3cccc(OC)c3OC)sc2c1. The molecule has 33 heavy (non-hydrogen) atoms. The van der Waals surface area contributed by atoms with Crippen LogP contribution in [0.1, 0.15) is 17.3 Å². The van der Waals surface area contributed by atoms with Crippen molar-refractivity contribution < 1.29 is 23.7 Å². The standard InChI is InChI=1S/C24H29N3O5S/c1-4-32-17-8-9-19-21(16-17)33-24(25-19)27(11-10-26-12-14-31-15-13-26)23(28)18-6-5-7-20(29-2)22(18)30-3/h5-9,16H,4,10-15H2,1-3H3. The minimum atomic E-state index is -0.178. The molecule has 0 unspecified atom stereocenters. The summed E-state index contributed by atoms with van der Waals surface area (Å²) in [5.74, 6) is 1.55. The fourth-order valence-corrected chi connectivity index (χ4v) is 4.83. The Labute approximate surface area is 197 Å². The van der Waals surface area contributed by atoms with E-state index in [-0.39, 0.29) is 5.91 Å². The monoisotopic (exact) mass is 471 g/mol. The number of methoxy groups -OCH3 is 2. The van der Waals surface area contributed by atoms with Gasteiger partial charge in [-0.2, -0.15) is 0 Å². The lowest BCUT2D eigenvalue weighted by molar-refractivity contribution is 0.0391. The Hall–Kier alpha value is -2.88. The van der Waals surface area contributed by atoms with Crippen molar-refractivity contribution in [1.29, 1.82) is 0 Å². The van der Waals surface area contributed by atoms with Crippen LogP contribution in [0.3, 0.4) is 0 Å². The molecule has 0 atom stereocenters. The largest absolute Gasteiger partial charge is 0.494 e. The number of hydrogen-bond donors (Lipinski definition) is 0. The summed E-state index contributed by atoms with van der Waals surface area (Å²) in [4.78, 5) is 22.6. The lowest BCUT2D eigenvalue weighted by atomic mass is 10.1. The van der Waals surface area contributed by atoms with Crippen LogP contribution < -0.4 is 19.1 Å². The first-order chi connectivity index (χ1) is 16.1. The second-order valence-corrected chi connectivity index (χ2v) is 8.52. The second-order valence-electron chi connectivity index (χ2n) is 7.51. The maximum Gasteiger partial charge on any atom is 0.264 e. The predicted molar refractivity (Wildman–Crippen MR) is 129 cm³/mol. The third-order valence-corrected chi connectivity index (χ3v) is 6.55. The summed E-state index contributed by atoms with van der Waals surface area (Å²) in [7, 11) is 3.10. The lowest BCUT2D eigenvalue weighted by Gasteiger charge is -2.29. The maximum atomic E-state index is 13.8. The lowest BCUT2D eigenvalue weighted by Crippen LogP contribution is -2.43. The van der Waals surface area contributed by atoms with Crippen LogP contribution >= 0.6 is 11.3 Å². The van der Waals surface area contributed by atoms with Crippen molar-refractivity contribution in [2.75, 3.05) is 65.1 Å². The molecule has 1 fully saturated rings. The summed E-state index contributed by atoms with van der Waals surface area (Å²) in [5, 5.41) is 0.641. The van der Waals surface area contributed by atoms with Gasteiger partial charge in [0.05, 0.1) is 49.8 Å². The molecule has 2 heterocycles. The van der Waals surface area contributed by atoms with Gasteiger partial charge in [0.15, 0.2) is 16.6 Å². The van der Waals surface area contributed by atoms with Crippen LogP contribution in [-0.4, -0.2) is 76.0 Å². The van der Waals surface area contributed by atoms with Gasteiger partial charge in [-0.3, -0.25) is 14.6 Å². The van der Waals surface area contributed by atoms with Crippen LogP contribution in [0.2, 0.25) is 0 Å². The van der Waals surface area contributed by atoms with Gasteiger partial charge in [-0.05, 0) is 37.3 Å². The van der Waals surface area contributed by atoms with Crippen molar-refractivity contribution in [3.63, 3.8) is 0 Å². The number of benzene rings is 2. The van der Waals surface area contributed by atoms with Crippen molar-refractivity contribution in [2.45, 2.75) is 6.92 Å². The Balaban J connectivity index is 1.69. The molecule has 1 aliphatic heterocycles. The number of anilines is 1. The zero-order chi connectivity index (χ0) is 23.2. The number of nitrogens with zero attached hydrogens (tertiary/aromatic N) is 3. The Morgan fingerprint density at radius 2 is 2.00 bits per heavy atom. The highest BCUT2D eigenvalue weighted by molar-refractivity contribution is 7.22. The summed E-state index contributed by atoms with van der Waals surface area (Å²) < 4.78 is 23.0. The van der Waals surface area contributed by atoms with Crippen LogP contribution in [0.5, 0.6) is 17.2 Å². The summed E-state index contributed by atoms with van der Waals surface area (Å²) in [6.07, 6.45) is 0. The number of morpholine rings is 1. The van der Waals surface area contributed by atoms with E-state index < -0.39 is 0 Å². The molecular formula is C24H29N3O5S. The number of aromatic nitrogens is 1.